The molecule has 140 valence electrons. The number of thioether (sulfide) groups is 1. The van der Waals surface area contributed by atoms with Crippen molar-refractivity contribution >= 4 is 23.6 Å². The molecule has 8 heteroatoms. The second-order valence-corrected chi connectivity index (χ2v) is 7.54. The number of aromatic nitrogens is 2. The number of carbonyl (C=O) groups is 2. The first-order valence-electron chi connectivity index (χ1n) is 8.92. The van der Waals surface area contributed by atoms with E-state index in [-0.39, 0.29) is 17.7 Å². The zero-order chi connectivity index (χ0) is 18.6. The summed E-state index contributed by atoms with van der Waals surface area (Å²) in [5, 5.41) is 6.66. The summed E-state index contributed by atoms with van der Waals surface area (Å²) in [5.74, 6) is -0.707. The highest BCUT2D eigenvalue weighted by Gasteiger charge is 2.31. The van der Waals surface area contributed by atoms with Crippen molar-refractivity contribution in [1.29, 1.82) is 0 Å². The van der Waals surface area contributed by atoms with Gasteiger partial charge in [0.2, 0.25) is 6.10 Å². The fourth-order valence-electron chi connectivity index (χ4n) is 2.62. The van der Waals surface area contributed by atoms with Crippen LogP contribution in [0.5, 0.6) is 0 Å². The van der Waals surface area contributed by atoms with Crippen molar-refractivity contribution in [2.75, 3.05) is 12.3 Å². The molecule has 1 aromatic carbocycles. The lowest BCUT2D eigenvalue weighted by Crippen LogP contribution is -2.33. The molecule has 1 saturated heterocycles. The van der Waals surface area contributed by atoms with Crippen molar-refractivity contribution in [2.24, 2.45) is 0 Å². The van der Waals surface area contributed by atoms with Crippen LogP contribution < -0.4 is 10.6 Å². The molecule has 0 radical (unpaired) electrons. The minimum atomic E-state index is -0.948. The molecule has 1 aliphatic carbocycles. The van der Waals surface area contributed by atoms with Crippen molar-refractivity contribution < 1.29 is 14.3 Å². The molecule has 4 rings (SSSR count). The van der Waals surface area contributed by atoms with Gasteiger partial charge in [0.1, 0.15) is 0 Å². The number of hydrogen-bond acceptors (Lipinski definition) is 7. The third-order valence-corrected chi connectivity index (χ3v) is 5.17. The summed E-state index contributed by atoms with van der Waals surface area (Å²) in [6.45, 7) is 0.971. The molecular weight excluding hydrogens is 364 g/mol. The summed E-state index contributed by atoms with van der Waals surface area (Å²) in [5.41, 5.74) is 1.84. The Morgan fingerprint density at radius 1 is 1.22 bits per heavy atom. The van der Waals surface area contributed by atoms with E-state index < -0.39 is 12.1 Å². The fraction of sp³-hybridized carbons (Fsp3) is 0.368. The van der Waals surface area contributed by atoms with Gasteiger partial charge in [0.15, 0.2) is 5.16 Å². The minimum absolute atomic E-state index is 0.0430. The van der Waals surface area contributed by atoms with E-state index in [1.54, 1.807) is 18.5 Å². The topological polar surface area (TPSA) is 103 Å². The van der Waals surface area contributed by atoms with Gasteiger partial charge in [0, 0.05) is 36.6 Å². The number of ether oxygens (including phenoxy) is 1. The second kappa shape index (κ2) is 8.06. The normalized spacial score (nSPS) is 19.2. The van der Waals surface area contributed by atoms with Crippen molar-refractivity contribution in [1.82, 2.24) is 20.6 Å². The lowest BCUT2D eigenvalue weighted by atomic mass is 10.0. The minimum Gasteiger partial charge on any atom is -0.447 e. The van der Waals surface area contributed by atoms with Gasteiger partial charge in [-0.15, -0.1) is 0 Å². The highest BCUT2D eigenvalue weighted by atomic mass is 32.2. The van der Waals surface area contributed by atoms with Crippen LogP contribution in [0.4, 0.5) is 0 Å². The number of hydrogen-bond donors (Lipinski definition) is 2. The third kappa shape index (κ3) is 5.05. The summed E-state index contributed by atoms with van der Waals surface area (Å²) >= 11 is 1.18. The molecule has 2 heterocycles. The van der Waals surface area contributed by atoms with E-state index in [0.717, 1.165) is 19.4 Å². The van der Waals surface area contributed by atoms with Crippen LogP contribution in [-0.2, 0) is 14.3 Å². The number of carbonyl (C=O) groups excluding carboxylic acids is 2. The van der Waals surface area contributed by atoms with E-state index in [1.165, 1.54) is 17.3 Å². The first kappa shape index (κ1) is 17.9. The maximum Gasteiger partial charge on any atom is 0.317 e. The number of nitrogens with zero attached hydrogens (tertiary/aromatic N) is 2. The molecule has 1 amide bonds. The van der Waals surface area contributed by atoms with Gasteiger partial charge in [-0.3, -0.25) is 9.59 Å². The number of amides is 1. The summed E-state index contributed by atoms with van der Waals surface area (Å²) in [7, 11) is 0. The molecule has 7 nitrogen and oxygen atoms in total. The van der Waals surface area contributed by atoms with Gasteiger partial charge in [-0.2, -0.15) is 0 Å². The van der Waals surface area contributed by atoms with Crippen molar-refractivity contribution in [3.05, 3.63) is 53.9 Å². The number of benzene rings is 1. The molecule has 2 N–H and O–H groups in total. The maximum atomic E-state index is 12.6. The molecule has 1 aromatic heterocycles. The Labute approximate surface area is 161 Å². The SMILES string of the molecule is O=C(CSc1ncccn1)OC(C(=O)NC1CC1)c1ccc(C2CN2)cc1. The molecule has 2 aliphatic rings. The van der Waals surface area contributed by atoms with Crippen LogP contribution in [0.25, 0.3) is 0 Å². The van der Waals surface area contributed by atoms with Gasteiger partial charge in [-0.1, -0.05) is 36.0 Å². The lowest BCUT2D eigenvalue weighted by molar-refractivity contribution is -0.154. The van der Waals surface area contributed by atoms with E-state index in [9.17, 15) is 9.59 Å². The van der Waals surface area contributed by atoms with Gasteiger partial charge in [0.05, 0.1) is 5.75 Å². The average molecular weight is 384 g/mol. The van der Waals surface area contributed by atoms with Crippen LogP contribution in [0.15, 0.2) is 47.9 Å². The van der Waals surface area contributed by atoms with Gasteiger partial charge < -0.3 is 15.4 Å². The molecule has 2 atom stereocenters. The molecule has 0 spiro atoms. The number of nitrogens with one attached hydrogen (secondary N) is 2. The van der Waals surface area contributed by atoms with E-state index in [0.29, 0.717) is 16.8 Å². The monoisotopic (exact) mass is 384 g/mol. The van der Waals surface area contributed by atoms with Crippen LogP contribution in [0.3, 0.4) is 0 Å². The molecule has 2 unspecified atom stereocenters. The summed E-state index contributed by atoms with van der Waals surface area (Å²) in [6.07, 6.45) is 4.22. The summed E-state index contributed by atoms with van der Waals surface area (Å²) in [6, 6.07) is 9.95. The number of rotatable bonds is 8. The predicted octanol–water partition coefficient (Wildman–Crippen LogP) is 1.78. The largest absolute Gasteiger partial charge is 0.447 e. The Balaban J connectivity index is 1.41. The maximum absolute atomic E-state index is 12.6. The van der Waals surface area contributed by atoms with E-state index in [2.05, 4.69) is 20.6 Å². The zero-order valence-corrected chi connectivity index (χ0v) is 15.4. The van der Waals surface area contributed by atoms with Crippen LogP contribution in [-0.4, -0.2) is 40.2 Å². The molecule has 2 fully saturated rings. The fourth-order valence-corrected chi connectivity index (χ4v) is 3.21. The summed E-state index contributed by atoms with van der Waals surface area (Å²) in [4.78, 5) is 33.0. The standard InChI is InChI=1S/C19H20N4O3S/c24-16(11-27-19-20-8-1-9-21-19)26-17(18(25)23-14-6-7-14)13-4-2-12(3-5-13)15-10-22-15/h1-5,8-9,14-15,17,22H,6-7,10-11H2,(H,23,25). The Kier molecular flexibility index (Phi) is 5.35. The Morgan fingerprint density at radius 2 is 1.93 bits per heavy atom. The Morgan fingerprint density at radius 3 is 2.56 bits per heavy atom. The molecule has 1 saturated carbocycles. The van der Waals surface area contributed by atoms with E-state index in [4.69, 9.17) is 4.74 Å². The molecule has 27 heavy (non-hydrogen) atoms. The highest BCUT2D eigenvalue weighted by molar-refractivity contribution is 7.99. The van der Waals surface area contributed by atoms with E-state index >= 15 is 0 Å². The second-order valence-electron chi connectivity index (χ2n) is 6.60. The lowest BCUT2D eigenvalue weighted by Gasteiger charge is -2.18. The van der Waals surface area contributed by atoms with Crippen LogP contribution >= 0.6 is 11.8 Å². The van der Waals surface area contributed by atoms with Crippen molar-refractivity contribution in [3.8, 4) is 0 Å². The van der Waals surface area contributed by atoms with Gasteiger partial charge >= 0.3 is 5.97 Å². The average Bonchev–Trinajstić information content (AvgIpc) is 3.60. The Hall–Kier alpha value is -2.45. The predicted molar refractivity (Wildman–Crippen MR) is 99.9 cm³/mol. The van der Waals surface area contributed by atoms with Gasteiger partial charge in [-0.05, 0) is 24.5 Å². The van der Waals surface area contributed by atoms with Crippen LogP contribution in [0.2, 0.25) is 0 Å². The molecule has 1 aliphatic heterocycles. The Bertz CT molecular complexity index is 807. The quantitative estimate of drug-likeness (QED) is 0.309. The van der Waals surface area contributed by atoms with Gasteiger partial charge in [0.25, 0.3) is 5.91 Å². The zero-order valence-electron chi connectivity index (χ0n) is 14.6. The van der Waals surface area contributed by atoms with E-state index in [1.807, 2.05) is 24.3 Å². The van der Waals surface area contributed by atoms with Crippen molar-refractivity contribution in [2.45, 2.75) is 36.2 Å². The van der Waals surface area contributed by atoms with Crippen molar-refractivity contribution in [3.63, 3.8) is 0 Å². The highest BCUT2D eigenvalue weighted by Crippen LogP contribution is 2.27. The third-order valence-electron chi connectivity index (χ3n) is 4.32. The van der Waals surface area contributed by atoms with Gasteiger partial charge in [-0.25, -0.2) is 9.97 Å². The van der Waals surface area contributed by atoms with Crippen LogP contribution in [0.1, 0.15) is 36.1 Å². The smallest absolute Gasteiger partial charge is 0.317 e. The first-order chi connectivity index (χ1) is 13.2. The number of esters is 1. The first-order valence-corrected chi connectivity index (χ1v) is 9.90. The van der Waals surface area contributed by atoms with Crippen LogP contribution in [0, 0.1) is 0 Å². The molecule has 2 aromatic rings. The molecule has 0 bridgehead atoms. The molecular formula is C19H20N4O3S. The summed E-state index contributed by atoms with van der Waals surface area (Å²) < 4.78 is 5.52.